The third-order valence-corrected chi connectivity index (χ3v) is 5.85. The summed E-state index contributed by atoms with van der Waals surface area (Å²) in [6.07, 6.45) is 0. The number of aromatic nitrogens is 4. The molecular formula is C23H23Cl2N7O2. The van der Waals surface area contributed by atoms with Gasteiger partial charge in [-0.25, -0.2) is 9.78 Å². The molecule has 0 radical (unpaired) electrons. The first-order valence-corrected chi connectivity index (χ1v) is 11.2. The predicted molar refractivity (Wildman–Crippen MR) is 134 cm³/mol. The Kier molecular flexibility index (Phi) is 6.24. The van der Waals surface area contributed by atoms with Crippen LogP contribution in [0.1, 0.15) is 36.8 Å². The number of aromatic amines is 1. The Labute approximate surface area is 205 Å². The zero-order chi connectivity index (χ0) is 24.6. The summed E-state index contributed by atoms with van der Waals surface area (Å²) >= 11 is 12.9. The Morgan fingerprint density at radius 3 is 2.44 bits per heavy atom. The van der Waals surface area contributed by atoms with E-state index in [0.717, 1.165) is 5.69 Å². The van der Waals surface area contributed by atoms with E-state index in [2.05, 4.69) is 31.1 Å². The summed E-state index contributed by atoms with van der Waals surface area (Å²) in [4.78, 5) is 29.1. The van der Waals surface area contributed by atoms with Gasteiger partial charge in [-0.2, -0.15) is 4.63 Å². The van der Waals surface area contributed by atoms with E-state index in [0.29, 0.717) is 33.4 Å². The van der Waals surface area contributed by atoms with Gasteiger partial charge in [0.25, 0.3) is 5.91 Å². The second-order valence-electron chi connectivity index (χ2n) is 8.63. The van der Waals surface area contributed by atoms with Crippen LogP contribution in [0.3, 0.4) is 0 Å². The normalized spacial score (nSPS) is 11.5. The van der Waals surface area contributed by atoms with E-state index in [-0.39, 0.29) is 16.0 Å². The van der Waals surface area contributed by atoms with E-state index in [1.165, 1.54) is 7.05 Å². The fourth-order valence-electron chi connectivity index (χ4n) is 3.34. The summed E-state index contributed by atoms with van der Waals surface area (Å²) in [5.41, 5.74) is 2.97. The number of fused-ring (bicyclic) bond motifs is 1. The van der Waals surface area contributed by atoms with Gasteiger partial charge < -0.3 is 16.0 Å². The topological polar surface area (TPSA) is 116 Å². The van der Waals surface area contributed by atoms with E-state index in [9.17, 15) is 9.59 Å². The summed E-state index contributed by atoms with van der Waals surface area (Å²) in [6, 6.07) is 11.5. The molecule has 34 heavy (non-hydrogen) atoms. The lowest BCUT2D eigenvalue weighted by atomic mass is 9.92. The molecule has 9 nitrogen and oxygen atoms in total. The van der Waals surface area contributed by atoms with Crippen LogP contribution >= 0.6 is 23.2 Å². The predicted octanol–water partition coefficient (Wildman–Crippen LogP) is 5.33. The Morgan fingerprint density at radius 2 is 1.76 bits per heavy atom. The van der Waals surface area contributed by atoms with Crippen molar-refractivity contribution in [1.82, 2.24) is 25.1 Å². The average Bonchev–Trinajstić information content (AvgIpc) is 3.34. The number of urea groups is 1. The average molecular weight is 500 g/mol. The molecule has 0 saturated heterocycles. The van der Waals surface area contributed by atoms with Crippen molar-refractivity contribution in [2.45, 2.75) is 26.2 Å². The minimum atomic E-state index is -0.439. The summed E-state index contributed by atoms with van der Waals surface area (Å²) in [6.45, 7) is 6.15. The van der Waals surface area contributed by atoms with E-state index in [1.807, 2.05) is 26.8 Å². The molecular weight excluding hydrogens is 477 g/mol. The molecule has 2 aromatic heterocycles. The van der Waals surface area contributed by atoms with Crippen LogP contribution in [-0.2, 0) is 5.41 Å². The van der Waals surface area contributed by atoms with Crippen LogP contribution in [0.15, 0.2) is 42.5 Å². The summed E-state index contributed by atoms with van der Waals surface area (Å²) < 4.78 is 1.55. The first-order valence-electron chi connectivity index (χ1n) is 10.4. The number of halogens is 2. The van der Waals surface area contributed by atoms with Gasteiger partial charge in [-0.1, -0.05) is 62.2 Å². The molecule has 0 aliphatic carbocycles. The van der Waals surface area contributed by atoms with Crippen LogP contribution in [0.5, 0.6) is 0 Å². The summed E-state index contributed by atoms with van der Waals surface area (Å²) in [7, 11) is 1.49. The Morgan fingerprint density at radius 1 is 1.03 bits per heavy atom. The largest absolute Gasteiger partial charge is 0.341 e. The molecule has 2 aromatic carbocycles. The van der Waals surface area contributed by atoms with Crippen LogP contribution in [-0.4, -0.2) is 38.8 Å². The molecule has 0 saturated carbocycles. The third-order valence-electron chi connectivity index (χ3n) is 5.09. The summed E-state index contributed by atoms with van der Waals surface area (Å²) in [5.74, 6) is 0.0324. The fraction of sp³-hybridized carbons (Fsp3) is 0.217. The number of hydrogen-bond acceptors (Lipinski definition) is 4. The van der Waals surface area contributed by atoms with Gasteiger partial charge in [0, 0.05) is 23.7 Å². The number of nitrogens with one attached hydrogen (secondary N) is 4. The quantitative estimate of drug-likeness (QED) is 0.303. The van der Waals surface area contributed by atoms with Gasteiger partial charge in [0.15, 0.2) is 11.5 Å². The second kappa shape index (κ2) is 9.00. The first kappa shape index (κ1) is 23.6. The summed E-state index contributed by atoms with van der Waals surface area (Å²) in [5, 5.41) is 16.2. The zero-order valence-corrected chi connectivity index (χ0v) is 20.5. The van der Waals surface area contributed by atoms with E-state index in [4.69, 9.17) is 23.2 Å². The lowest BCUT2D eigenvalue weighted by Crippen LogP contribution is -2.25. The maximum atomic E-state index is 12.9. The van der Waals surface area contributed by atoms with Crippen molar-refractivity contribution in [3.8, 4) is 11.4 Å². The second-order valence-corrected chi connectivity index (χ2v) is 9.38. The van der Waals surface area contributed by atoms with Gasteiger partial charge in [0.1, 0.15) is 5.02 Å². The van der Waals surface area contributed by atoms with E-state index >= 15 is 0 Å². The molecule has 2 heterocycles. The molecule has 0 unspecified atom stereocenters. The minimum Gasteiger partial charge on any atom is -0.341 e. The highest BCUT2D eigenvalue weighted by atomic mass is 35.5. The van der Waals surface area contributed by atoms with Crippen LogP contribution in [0.2, 0.25) is 10.0 Å². The number of rotatable bonds is 4. The Balaban J connectivity index is 1.59. The highest BCUT2D eigenvalue weighted by Gasteiger charge is 2.24. The van der Waals surface area contributed by atoms with Crippen LogP contribution in [0.4, 0.5) is 16.2 Å². The maximum Gasteiger partial charge on any atom is 0.319 e. The Bertz CT molecular complexity index is 1400. The number of anilines is 2. The number of hydrogen-bond donors (Lipinski definition) is 4. The van der Waals surface area contributed by atoms with Gasteiger partial charge in [-0.15, -0.1) is 5.10 Å². The molecule has 0 fully saturated rings. The van der Waals surface area contributed by atoms with Crippen molar-refractivity contribution in [1.29, 1.82) is 0 Å². The van der Waals surface area contributed by atoms with Crippen LogP contribution < -0.4 is 16.0 Å². The standard InChI is InChI=1S/C23H23Cl2N7O2/c1-23(2,3)18-17(25)20-29-19(31-32(20)30-18)12-7-5-8-13(11-12)27-21(33)14-9-6-10-15(16(14)24)28-22(34)26-4/h5-11,30H,1-4H3,(H,27,33)(H2,26,28,34). The number of carbonyl (C=O) groups is 2. The number of carbonyl (C=O) groups excluding carboxylic acids is 2. The zero-order valence-electron chi connectivity index (χ0n) is 19.0. The van der Waals surface area contributed by atoms with Crippen LogP contribution in [0.25, 0.3) is 17.0 Å². The van der Waals surface area contributed by atoms with Gasteiger partial charge in [0.2, 0.25) is 0 Å². The SMILES string of the molecule is CNC(=O)Nc1cccc(C(=O)Nc2cccc(-c3nc4c(Cl)c(C(C)(C)C)[nH]n4n3)c2)c1Cl. The number of nitrogens with zero attached hydrogens (tertiary/aromatic N) is 3. The molecule has 0 aliphatic rings. The highest BCUT2D eigenvalue weighted by molar-refractivity contribution is 6.37. The van der Waals surface area contributed by atoms with Crippen LogP contribution in [0, 0.1) is 0 Å². The number of amides is 3. The first-order chi connectivity index (χ1) is 16.1. The van der Waals surface area contributed by atoms with Crippen molar-refractivity contribution >= 4 is 52.2 Å². The lowest BCUT2D eigenvalue weighted by Gasteiger charge is -2.16. The van der Waals surface area contributed by atoms with Gasteiger partial charge in [-0.05, 0) is 24.3 Å². The highest BCUT2D eigenvalue weighted by Crippen LogP contribution is 2.32. The van der Waals surface area contributed by atoms with Gasteiger partial charge in [0.05, 0.1) is 22.0 Å². The van der Waals surface area contributed by atoms with Crippen molar-refractivity contribution in [3.05, 3.63) is 63.8 Å². The molecule has 0 spiro atoms. The van der Waals surface area contributed by atoms with Gasteiger partial charge in [-0.3, -0.25) is 9.89 Å². The molecule has 0 aliphatic heterocycles. The fourth-order valence-corrected chi connectivity index (χ4v) is 4.05. The molecule has 4 rings (SSSR count). The van der Waals surface area contributed by atoms with Crippen molar-refractivity contribution < 1.29 is 9.59 Å². The maximum absolute atomic E-state index is 12.9. The van der Waals surface area contributed by atoms with Gasteiger partial charge >= 0.3 is 6.03 Å². The molecule has 3 amide bonds. The number of benzene rings is 2. The monoisotopic (exact) mass is 499 g/mol. The van der Waals surface area contributed by atoms with Crippen molar-refractivity contribution in [2.75, 3.05) is 17.7 Å². The van der Waals surface area contributed by atoms with Crippen molar-refractivity contribution in [2.24, 2.45) is 0 Å². The minimum absolute atomic E-state index is 0.133. The molecule has 4 aromatic rings. The Hall–Kier alpha value is -3.56. The van der Waals surface area contributed by atoms with E-state index < -0.39 is 11.9 Å². The molecule has 11 heteroatoms. The van der Waals surface area contributed by atoms with E-state index in [1.54, 1.807) is 41.0 Å². The number of H-pyrrole nitrogens is 1. The van der Waals surface area contributed by atoms with Crippen molar-refractivity contribution in [3.63, 3.8) is 0 Å². The molecule has 176 valence electrons. The molecule has 4 N–H and O–H groups in total. The molecule has 0 bridgehead atoms. The smallest absolute Gasteiger partial charge is 0.319 e. The molecule has 0 atom stereocenters. The third kappa shape index (κ3) is 4.57. The lowest BCUT2D eigenvalue weighted by molar-refractivity contribution is 0.102.